The highest BCUT2D eigenvalue weighted by Crippen LogP contribution is 2.30. The molecule has 0 bridgehead atoms. The fourth-order valence-corrected chi connectivity index (χ4v) is 3.30. The van der Waals surface area contributed by atoms with Crippen LogP contribution in [0.2, 0.25) is 0 Å². The molecule has 0 saturated carbocycles. The Morgan fingerprint density at radius 1 is 0.941 bits per heavy atom. The zero-order valence-corrected chi connectivity index (χ0v) is 11.3. The largest absolute Gasteiger partial charge is 0.396 e. The van der Waals surface area contributed by atoms with Gasteiger partial charge in [0.2, 0.25) is 0 Å². The first-order valence-electron chi connectivity index (χ1n) is 5.39. The smallest absolute Gasteiger partial charge is 0.295 e. The molecule has 1 aromatic carbocycles. The second-order valence-electron chi connectivity index (χ2n) is 4.26. The molecule has 0 aliphatic carbocycles. The molecular weight excluding hydrogens is 240 g/mol. The first-order valence-corrected chi connectivity index (χ1v) is 6.83. The second-order valence-corrected chi connectivity index (χ2v) is 5.61. The van der Waals surface area contributed by atoms with Crippen LogP contribution in [0.5, 0.6) is 0 Å². The van der Waals surface area contributed by atoms with Gasteiger partial charge in [-0.2, -0.15) is 8.42 Å². The molecule has 0 saturated heterocycles. The van der Waals surface area contributed by atoms with Gasteiger partial charge in [0, 0.05) is 6.61 Å². The lowest BCUT2D eigenvalue weighted by atomic mass is 9.92. The van der Waals surface area contributed by atoms with Crippen LogP contribution in [0.25, 0.3) is 0 Å². The molecule has 2 N–H and O–H groups in total. The van der Waals surface area contributed by atoms with Crippen molar-refractivity contribution in [2.45, 2.75) is 39.0 Å². The first-order chi connectivity index (χ1) is 7.71. The number of rotatable bonds is 3. The van der Waals surface area contributed by atoms with Crippen LogP contribution in [0, 0.1) is 27.7 Å². The van der Waals surface area contributed by atoms with E-state index in [2.05, 4.69) is 0 Å². The lowest BCUT2D eigenvalue weighted by Crippen LogP contribution is -2.11. The van der Waals surface area contributed by atoms with E-state index in [0.717, 1.165) is 16.7 Å². The van der Waals surface area contributed by atoms with Crippen LogP contribution in [0.3, 0.4) is 0 Å². The molecule has 0 atom stereocenters. The highest BCUT2D eigenvalue weighted by molar-refractivity contribution is 7.86. The summed E-state index contributed by atoms with van der Waals surface area (Å²) in [5.41, 5.74) is 3.71. The van der Waals surface area contributed by atoms with E-state index in [0.29, 0.717) is 17.5 Å². The van der Waals surface area contributed by atoms with E-state index in [1.165, 1.54) is 0 Å². The van der Waals surface area contributed by atoms with Gasteiger partial charge in [0.25, 0.3) is 10.1 Å². The van der Waals surface area contributed by atoms with Crippen molar-refractivity contribution in [1.82, 2.24) is 0 Å². The highest BCUT2D eigenvalue weighted by atomic mass is 32.2. The van der Waals surface area contributed by atoms with Crippen molar-refractivity contribution in [3.8, 4) is 0 Å². The molecule has 1 aromatic rings. The lowest BCUT2D eigenvalue weighted by molar-refractivity contribution is 0.299. The van der Waals surface area contributed by atoms with Gasteiger partial charge in [0.1, 0.15) is 4.90 Å². The Kier molecular flexibility index (Phi) is 3.96. The van der Waals surface area contributed by atoms with Crippen molar-refractivity contribution in [3.63, 3.8) is 0 Å². The van der Waals surface area contributed by atoms with E-state index in [1.54, 1.807) is 13.8 Å². The summed E-state index contributed by atoms with van der Waals surface area (Å²) in [5, 5.41) is 9.01. The second kappa shape index (κ2) is 4.76. The minimum absolute atomic E-state index is 0.0240. The minimum Gasteiger partial charge on any atom is -0.396 e. The van der Waals surface area contributed by atoms with E-state index >= 15 is 0 Å². The maximum atomic E-state index is 11.4. The van der Waals surface area contributed by atoms with Crippen LogP contribution >= 0.6 is 0 Å². The van der Waals surface area contributed by atoms with Gasteiger partial charge in [-0.1, -0.05) is 0 Å². The molecule has 96 valence electrons. The van der Waals surface area contributed by atoms with E-state index < -0.39 is 10.1 Å². The number of aliphatic hydroxyl groups is 1. The van der Waals surface area contributed by atoms with Crippen LogP contribution in [0.1, 0.15) is 27.8 Å². The third-order valence-corrected chi connectivity index (χ3v) is 4.46. The number of aliphatic hydroxyl groups excluding tert-OH is 1. The van der Waals surface area contributed by atoms with Crippen molar-refractivity contribution in [2.75, 3.05) is 6.61 Å². The predicted octanol–water partition coefficient (Wildman–Crippen LogP) is 1.70. The summed E-state index contributed by atoms with van der Waals surface area (Å²) >= 11 is 0. The standard InChI is InChI=1S/C12H18O4S/c1-7-8(2)11(5-6-13)10(4)12(9(7)3)17(14,15)16/h13H,5-6H2,1-4H3,(H,14,15,16). The molecule has 0 aliphatic heterocycles. The van der Waals surface area contributed by atoms with Gasteiger partial charge in [-0.3, -0.25) is 4.55 Å². The van der Waals surface area contributed by atoms with E-state index in [4.69, 9.17) is 5.11 Å². The third-order valence-electron chi connectivity index (χ3n) is 3.33. The molecule has 0 radical (unpaired) electrons. The summed E-state index contributed by atoms with van der Waals surface area (Å²) in [6.45, 7) is 7.01. The summed E-state index contributed by atoms with van der Waals surface area (Å²) in [5.74, 6) is 0. The van der Waals surface area contributed by atoms with E-state index in [1.807, 2.05) is 13.8 Å². The molecule has 0 fully saturated rings. The third kappa shape index (κ3) is 2.51. The van der Waals surface area contributed by atoms with Gasteiger partial charge in [0.05, 0.1) is 0 Å². The van der Waals surface area contributed by atoms with Crippen LogP contribution < -0.4 is 0 Å². The molecule has 0 amide bonds. The van der Waals surface area contributed by atoms with Crippen LogP contribution in [-0.4, -0.2) is 24.7 Å². The van der Waals surface area contributed by atoms with Gasteiger partial charge in [0.15, 0.2) is 0 Å². The molecule has 0 heterocycles. The fourth-order valence-electron chi connectivity index (χ4n) is 2.25. The lowest BCUT2D eigenvalue weighted by Gasteiger charge is -2.18. The summed E-state index contributed by atoms with van der Waals surface area (Å²) in [6.07, 6.45) is 0.390. The Hall–Kier alpha value is -0.910. The van der Waals surface area contributed by atoms with Gasteiger partial charge in [-0.15, -0.1) is 0 Å². The first kappa shape index (κ1) is 14.2. The highest BCUT2D eigenvalue weighted by Gasteiger charge is 2.22. The molecule has 4 nitrogen and oxygen atoms in total. The maximum Gasteiger partial charge on any atom is 0.295 e. The summed E-state index contributed by atoms with van der Waals surface area (Å²) in [6, 6.07) is 0. The van der Waals surface area contributed by atoms with Crippen LogP contribution in [-0.2, 0) is 16.5 Å². The zero-order chi connectivity index (χ0) is 13.4. The van der Waals surface area contributed by atoms with Crippen molar-refractivity contribution >= 4 is 10.1 Å². The van der Waals surface area contributed by atoms with Crippen LogP contribution in [0.4, 0.5) is 0 Å². The summed E-state index contributed by atoms with van der Waals surface area (Å²) in [7, 11) is -4.23. The molecule has 0 aromatic heterocycles. The molecule has 0 unspecified atom stereocenters. The van der Waals surface area contributed by atoms with E-state index in [9.17, 15) is 13.0 Å². The fraction of sp³-hybridized carbons (Fsp3) is 0.500. The van der Waals surface area contributed by atoms with E-state index in [-0.39, 0.29) is 11.5 Å². The molecule has 0 spiro atoms. The normalized spacial score (nSPS) is 11.9. The maximum absolute atomic E-state index is 11.4. The summed E-state index contributed by atoms with van der Waals surface area (Å²) in [4.78, 5) is -0.0240. The quantitative estimate of drug-likeness (QED) is 0.809. The zero-order valence-electron chi connectivity index (χ0n) is 10.5. The van der Waals surface area contributed by atoms with Crippen molar-refractivity contribution in [1.29, 1.82) is 0 Å². The summed E-state index contributed by atoms with van der Waals surface area (Å²) < 4.78 is 32.0. The Morgan fingerprint density at radius 2 is 1.47 bits per heavy atom. The number of benzene rings is 1. The number of hydrogen-bond acceptors (Lipinski definition) is 3. The Morgan fingerprint density at radius 3 is 1.88 bits per heavy atom. The van der Waals surface area contributed by atoms with Gasteiger partial charge < -0.3 is 5.11 Å². The Labute approximate surface area is 102 Å². The van der Waals surface area contributed by atoms with Crippen molar-refractivity contribution < 1.29 is 18.1 Å². The SMILES string of the molecule is Cc1c(C)c(CCO)c(C)c(S(=O)(=O)O)c1C. The van der Waals surface area contributed by atoms with Crippen molar-refractivity contribution in [2.24, 2.45) is 0 Å². The van der Waals surface area contributed by atoms with Gasteiger partial charge in [-0.05, 0) is 61.9 Å². The monoisotopic (exact) mass is 258 g/mol. The number of hydrogen-bond donors (Lipinski definition) is 2. The average Bonchev–Trinajstić information content (AvgIpc) is 2.19. The topological polar surface area (TPSA) is 74.6 Å². The molecule has 1 rings (SSSR count). The Bertz CT molecular complexity index is 544. The van der Waals surface area contributed by atoms with Gasteiger partial charge in [-0.25, -0.2) is 0 Å². The predicted molar refractivity (Wildman–Crippen MR) is 66.0 cm³/mol. The average molecular weight is 258 g/mol. The molecule has 0 aliphatic rings. The minimum atomic E-state index is -4.23. The molecule has 5 heteroatoms. The molecular formula is C12H18O4S. The molecule has 17 heavy (non-hydrogen) atoms. The van der Waals surface area contributed by atoms with Crippen LogP contribution in [0.15, 0.2) is 4.90 Å². The van der Waals surface area contributed by atoms with Gasteiger partial charge >= 0.3 is 0 Å². The Balaban J connectivity index is 3.74. The van der Waals surface area contributed by atoms with Crippen molar-refractivity contribution in [3.05, 3.63) is 27.8 Å².